The Morgan fingerprint density at radius 1 is 1.57 bits per heavy atom. The van der Waals surface area contributed by atoms with E-state index < -0.39 is 0 Å². The molecule has 2 aromatic heterocycles. The standard InChI is InChI=1S/C7H9N5OS/c1-4-2-5(10-9-4)13-7-12-11-6(3-8)14-7/h2H,3,8H2,1H3,(H,9,10). The molecule has 0 aliphatic carbocycles. The number of aromatic nitrogens is 4. The molecule has 0 saturated heterocycles. The Bertz CT molecular complexity index is 423. The van der Waals surface area contributed by atoms with Gasteiger partial charge in [0.15, 0.2) is 0 Å². The van der Waals surface area contributed by atoms with Crippen molar-refractivity contribution in [2.45, 2.75) is 13.5 Å². The minimum absolute atomic E-state index is 0.376. The second-order valence-electron chi connectivity index (χ2n) is 2.66. The molecule has 0 atom stereocenters. The van der Waals surface area contributed by atoms with Gasteiger partial charge in [-0.05, 0) is 6.92 Å². The predicted octanol–water partition coefficient (Wildman–Crippen LogP) is 0.821. The van der Waals surface area contributed by atoms with Gasteiger partial charge in [0.25, 0.3) is 0 Å². The molecular weight excluding hydrogens is 202 g/mol. The summed E-state index contributed by atoms with van der Waals surface area (Å²) in [7, 11) is 0. The molecule has 2 heterocycles. The van der Waals surface area contributed by atoms with Crippen molar-refractivity contribution in [3.63, 3.8) is 0 Å². The van der Waals surface area contributed by atoms with E-state index in [1.165, 1.54) is 11.3 Å². The summed E-state index contributed by atoms with van der Waals surface area (Å²) in [5.74, 6) is 0.488. The van der Waals surface area contributed by atoms with Gasteiger partial charge in [0.1, 0.15) is 5.01 Å². The van der Waals surface area contributed by atoms with Crippen molar-refractivity contribution in [3.8, 4) is 11.1 Å². The molecule has 14 heavy (non-hydrogen) atoms. The Balaban J connectivity index is 2.10. The molecule has 0 aliphatic rings. The summed E-state index contributed by atoms with van der Waals surface area (Å²) >= 11 is 1.31. The molecule has 0 saturated carbocycles. The van der Waals surface area contributed by atoms with Crippen LogP contribution in [-0.2, 0) is 6.54 Å². The van der Waals surface area contributed by atoms with Crippen LogP contribution in [0.1, 0.15) is 10.7 Å². The average Bonchev–Trinajstić information content (AvgIpc) is 2.76. The van der Waals surface area contributed by atoms with Gasteiger partial charge >= 0.3 is 5.19 Å². The second-order valence-corrected chi connectivity index (χ2v) is 3.68. The van der Waals surface area contributed by atoms with Crippen molar-refractivity contribution in [2.24, 2.45) is 5.73 Å². The summed E-state index contributed by atoms with van der Waals surface area (Å²) < 4.78 is 5.33. The quantitative estimate of drug-likeness (QED) is 0.784. The van der Waals surface area contributed by atoms with Crippen LogP contribution in [0, 0.1) is 6.92 Å². The number of rotatable bonds is 3. The first kappa shape index (κ1) is 9.10. The number of nitrogens with zero attached hydrogens (tertiary/aromatic N) is 3. The van der Waals surface area contributed by atoms with E-state index in [0.29, 0.717) is 17.6 Å². The molecule has 0 spiro atoms. The molecule has 2 rings (SSSR count). The number of aromatic amines is 1. The van der Waals surface area contributed by atoms with Crippen molar-refractivity contribution in [2.75, 3.05) is 0 Å². The SMILES string of the molecule is Cc1cc(Oc2nnc(CN)s2)n[nH]1. The van der Waals surface area contributed by atoms with Gasteiger partial charge in [0, 0.05) is 18.3 Å². The molecule has 0 unspecified atom stereocenters. The monoisotopic (exact) mass is 211 g/mol. The lowest BCUT2D eigenvalue weighted by atomic mass is 10.5. The average molecular weight is 211 g/mol. The Labute approximate surface area is 84.1 Å². The maximum absolute atomic E-state index is 5.39. The fourth-order valence-corrected chi connectivity index (χ4v) is 1.47. The van der Waals surface area contributed by atoms with Crippen molar-refractivity contribution in [1.29, 1.82) is 0 Å². The van der Waals surface area contributed by atoms with E-state index in [9.17, 15) is 0 Å². The van der Waals surface area contributed by atoms with E-state index >= 15 is 0 Å². The van der Waals surface area contributed by atoms with E-state index in [1.807, 2.05) is 6.92 Å². The van der Waals surface area contributed by atoms with Crippen LogP contribution in [0.15, 0.2) is 6.07 Å². The van der Waals surface area contributed by atoms with Gasteiger partial charge in [0.2, 0.25) is 5.88 Å². The maximum Gasteiger partial charge on any atom is 0.300 e. The first-order valence-electron chi connectivity index (χ1n) is 4.00. The number of ether oxygens (including phenoxy) is 1. The third-order valence-corrected chi connectivity index (χ3v) is 2.32. The smallest absolute Gasteiger partial charge is 0.300 e. The van der Waals surface area contributed by atoms with Gasteiger partial charge in [-0.15, -0.1) is 10.2 Å². The van der Waals surface area contributed by atoms with Crippen LogP contribution in [0.25, 0.3) is 0 Å². The summed E-state index contributed by atoms with van der Waals surface area (Å²) in [5, 5.41) is 15.5. The zero-order chi connectivity index (χ0) is 9.97. The zero-order valence-corrected chi connectivity index (χ0v) is 8.34. The Hall–Kier alpha value is -1.47. The van der Waals surface area contributed by atoms with Crippen LogP contribution >= 0.6 is 11.3 Å². The Morgan fingerprint density at radius 2 is 2.43 bits per heavy atom. The molecule has 0 amide bonds. The zero-order valence-electron chi connectivity index (χ0n) is 7.52. The van der Waals surface area contributed by atoms with Crippen LogP contribution in [0.4, 0.5) is 0 Å². The molecule has 0 radical (unpaired) electrons. The van der Waals surface area contributed by atoms with Crippen LogP contribution in [0.5, 0.6) is 11.1 Å². The molecule has 2 aromatic rings. The third-order valence-electron chi connectivity index (χ3n) is 1.50. The largest absolute Gasteiger partial charge is 0.409 e. The number of hydrogen-bond donors (Lipinski definition) is 2. The van der Waals surface area contributed by atoms with Crippen LogP contribution in [-0.4, -0.2) is 20.4 Å². The lowest BCUT2D eigenvalue weighted by Crippen LogP contribution is -1.94. The molecule has 0 aliphatic heterocycles. The van der Waals surface area contributed by atoms with E-state index in [4.69, 9.17) is 10.5 Å². The van der Waals surface area contributed by atoms with Gasteiger partial charge in [-0.2, -0.15) is 0 Å². The molecule has 3 N–H and O–H groups in total. The van der Waals surface area contributed by atoms with Crippen LogP contribution in [0.2, 0.25) is 0 Å². The van der Waals surface area contributed by atoms with Gasteiger partial charge in [-0.3, -0.25) is 5.10 Å². The van der Waals surface area contributed by atoms with Gasteiger partial charge in [-0.1, -0.05) is 16.4 Å². The van der Waals surface area contributed by atoms with Crippen molar-refractivity contribution in [1.82, 2.24) is 20.4 Å². The van der Waals surface area contributed by atoms with Crippen LogP contribution in [0.3, 0.4) is 0 Å². The predicted molar refractivity (Wildman–Crippen MR) is 51.2 cm³/mol. The lowest BCUT2D eigenvalue weighted by Gasteiger charge is -1.91. The number of hydrogen-bond acceptors (Lipinski definition) is 6. The fraction of sp³-hybridized carbons (Fsp3) is 0.286. The first-order valence-corrected chi connectivity index (χ1v) is 4.82. The normalized spacial score (nSPS) is 10.4. The second kappa shape index (κ2) is 3.72. The maximum atomic E-state index is 5.39. The summed E-state index contributed by atoms with van der Waals surface area (Å²) in [6.45, 7) is 2.27. The summed E-state index contributed by atoms with van der Waals surface area (Å²) in [6, 6.07) is 1.78. The van der Waals surface area contributed by atoms with Gasteiger partial charge in [0.05, 0.1) is 0 Å². The van der Waals surface area contributed by atoms with E-state index in [-0.39, 0.29) is 0 Å². The Kier molecular flexibility index (Phi) is 2.42. The molecule has 74 valence electrons. The molecular formula is C7H9N5OS. The highest BCUT2D eigenvalue weighted by Crippen LogP contribution is 2.23. The molecule has 0 bridgehead atoms. The number of nitrogens with one attached hydrogen (secondary N) is 1. The van der Waals surface area contributed by atoms with E-state index in [2.05, 4.69) is 20.4 Å². The molecule has 7 heteroatoms. The summed E-state index contributed by atoms with van der Waals surface area (Å²) in [6.07, 6.45) is 0. The molecule has 6 nitrogen and oxygen atoms in total. The van der Waals surface area contributed by atoms with Crippen molar-refractivity contribution < 1.29 is 4.74 Å². The van der Waals surface area contributed by atoms with E-state index in [1.54, 1.807) is 6.07 Å². The highest BCUT2D eigenvalue weighted by Gasteiger charge is 2.06. The first-order chi connectivity index (χ1) is 6.78. The van der Waals surface area contributed by atoms with Crippen molar-refractivity contribution >= 4 is 11.3 Å². The lowest BCUT2D eigenvalue weighted by molar-refractivity contribution is 0.453. The minimum atomic E-state index is 0.376. The molecule has 0 aromatic carbocycles. The highest BCUT2D eigenvalue weighted by atomic mass is 32.1. The van der Waals surface area contributed by atoms with Crippen LogP contribution < -0.4 is 10.5 Å². The number of aryl methyl sites for hydroxylation is 1. The minimum Gasteiger partial charge on any atom is -0.409 e. The third kappa shape index (κ3) is 1.88. The highest BCUT2D eigenvalue weighted by molar-refractivity contribution is 7.13. The van der Waals surface area contributed by atoms with Crippen molar-refractivity contribution in [3.05, 3.63) is 16.8 Å². The number of H-pyrrole nitrogens is 1. The van der Waals surface area contributed by atoms with E-state index in [0.717, 1.165) is 10.7 Å². The topological polar surface area (TPSA) is 89.7 Å². The summed E-state index contributed by atoms with van der Waals surface area (Å²) in [5.41, 5.74) is 6.33. The Morgan fingerprint density at radius 3 is 3.00 bits per heavy atom. The summed E-state index contributed by atoms with van der Waals surface area (Å²) in [4.78, 5) is 0. The molecule has 0 fully saturated rings. The fourth-order valence-electron chi connectivity index (χ4n) is 0.897. The van der Waals surface area contributed by atoms with Gasteiger partial charge < -0.3 is 10.5 Å². The number of nitrogens with two attached hydrogens (primary N) is 1. The van der Waals surface area contributed by atoms with Gasteiger partial charge in [-0.25, -0.2) is 0 Å².